The number of alkyl halides is 1. The van der Waals surface area contributed by atoms with Gasteiger partial charge in [0, 0.05) is 17.1 Å². The molecule has 0 saturated carbocycles. The Morgan fingerprint density at radius 2 is 2.31 bits per heavy atom. The van der Waals surface area contributed by atoms with Crippen molar-refractivity contribution in [3.05, 3.63) is 34.6 Å². The van der Waals surface area contributed by atoms with E-state index < -0.39 is 0 Å². The maximum absolute atomic E-state index is 12.2. The third-order valence-electron chi connectivity index (χ3n) is 2.66. The normalized spacial score (nSPS) is 18.9. The van der Waals surface area contributed by atoms with Gasteiger partial charge >= 0.3 is 0 Å². The molecular weight excluding hydrogens is 288 g/mol. The van der Waals surface area contributed by atoms with Crippen LogP contribution in [0.2, 0.25) is 0 Å². The van der Waals surface area contributed by atoms with Crippen molar-refractivity contribution in [2.75, 3.05) is 5.33 Å². The van der Waals surface area contributed by atoms with Crippen molar-refractivity contribution in [1.29, 1.82) is 0 Å². The summed E-state index contributed by atoms with van der Waals surface area (Å²) in [6.45, 7) is 0.752. The van der Waals surface area contributed by atoms with Crippen molar-refractivity contribution in [3.8, 4) is 0 Å². The summed E-state index contributed by atoms with van der Waals surface area (Å²) >= 11 is 5.12. The first-order valence-corrected chi connectivity index (χ1v) is 7.02. The van der Waals surface area contributed by atoms with Crippen LogP contribution in [0.5, 0.6) is 0 Å². The molecule has 0 aliphatic carbocycles. The quantitative estimate of drug-likeness (QED) is 0.598. The SMILES string of the molecule is O=c1c2ccccc2nc2n1CC(CBr)S2. The molecule has 0 amide bonds. The molecule has 1 aromatic heterocycles. The molecule has 0 N–H and O–H groups in total. The zero-order chi connectivity index (χ0) is 11.1. The van der Waals surface area contributed by atoms with Crippen molar-refractivity contribution < 1.29 is 0 Å². The van der Waals surface area contributed by atoms with Crippen molar-refractivity contribution in [2.24, 2.45) is 0 Å². The molecule has 1 aliphatic heterocycles. The van der Waals surface area contributed by atoms with Crippen LogP contribution in [0.3, 0.4) is 0 Å². The van der Waals surface area contributed by atoms with Gasteiger partial charge in [-0.25, -0.2) is 4.98 Å². The Bertz CT molecular complexity index is 610. The van der Waals surface area contributed by atoms with Crippen LogP contribution >= 0.6 is 27.7 Å². The Morgan fingerprint density at radius 1 is 1.50 bits per heavy atom. The lowest BCUT2D eigenvalue weighted by Gasteiger charge is -2.02. The summed E-state index contributed by atoms with van der Waals surface area (Å²) in [5.41, 5.74) is 0.873. The molecule has 16 heavy (non-hydrogen) atoms. The minimum atomic E-state index is 0.0801. The second kappa shape index (κ2) is 3.89. The molecule has 0 bridgehead atoms. The van der Waals surface area contributed by atoms with Gasteiger partial charge in [-0.2, -0.15) is 0 Å². The van der Waals surface area contributed by atoms with E-state index >= 15 is 0 Å². The van der Waals surface area contributed by atoms with Crippen LogP contribution < -0.4 is 5.56 Å². The largest absolute Gasteiger partial charge is 0.286 e. The predicted molar refractivity (Wildman–Crippen MR) is 69.4 cm³/mol. The lowest BCUT2D eigenvalue weighted by Crippen LogP contribution is -2.22. The molecular formula is C11H9BrN2OS. The number of aromatic nitrogens is 2. The molecule has 3 nitrogen and oxygen atoms in total. The standard InChI is InChI=1S/C11H9BrN2OS/c12-5-7-6-14-10(15)8-3-1-2-4-9(8)13-11(14)16-7/h1-4,7H,5-6H2. The molecule has 2 heterocycles. The van der Waals surface area contributed by atoms with Crippen molar-refractivity contribution >= 4 is 38.6 Å². The number of rotatable bonds is 1. The van der Waals surface area contributed by atoms with E-state index in [0.29, 0.717) is 10.6 Å². The van der Waals surface area contributed by atoms with Gasteiger partial charge in [0.1, 0.15) is 0 Å². The number of halogens is 1. The van der Waals surface area contributed by atoms with Gasteiger partial charge in [0.05, 0.1) is 10.9 Å². The molecule has 0 saturated heterocycles. The molecule has 1 atom stereocenters. The molecule has 0 radical (unpaired) electrons. The van der Waals surface area contributed by atoms with E-state index in [-0.39, 0.29) is 5.56 Å². The summed E-state index contributed by atoms with van der Waals surface area (Å²) in [5, 5.41) is 2.85. The van der Waals surface area contributed by atoms with Crippen molar-refractivity contribution in [1.82, 2.24) is 9.55 Å². The third-order valence-corrected chi connectivity index (χ3v) is 5.04. The van der Waals surface area contributed by atoms with Gasteiger partial charge in [-0.15, -0.1) is 0 Å². The molecule has 1 aliphatic rings. The number of thioether (sulfide) groups is 1. The minimum Gasteiger partial charge on any atom is -0.286 e. The van der Waals surface area contributed by atoms with Crippen LogP contribution in [0.25, 0.3) is 10.9 Å². The monoisotopic (exact) mass is 296 g/mol. The van der Waals surface area contributed by atoms with Crippen LogP contribution in [0.1, 0.15) is 0 Å². The highest BCUT2D eigenvalue weighted by Gasteiger charge is 2.24. The number of hydrogen-bond acceptors (Lipinski definition) is 3. The molecule has 1 aromatic carbocycles. The summed E-state index contributed by atoms with van der Waals surface area (Å²) in [6, 6.07) is 7.51. The Labute approximate surface area is 105 Å². The first kappa shape index (κ1) is 10.4. The van der Waals surface area contributed by atoms with Crippen LogP contribution in [0.15, 0.2) is 34.2 Å². The van der Waals surface area contributed by atoms with Gasteiger partial charge < -0.3 is 0 Å². The maximum atomic E-state index is 12.2. The third kappa shape index (κ3) is 1.50. The summed E-state index contributed by atoms with van der Waals surface area (Å²) in [6.07, 6.45) is 0. The number of benzene rings is 1. The summed E-state index contributed by atoms with van der Waals surface area (Å²) in [4.78, 5) is 16.7. The Kier molecular flexibility index (Phi) is 2.52. The van der Waals surface area contributed by atoms with Crippen LogP contribution in [0.4, 0.5) is 0 Å². The lowest BCUT2D eigenvalue weighted by atomic mass is 10.2. The van der Waals surface area contributed by atoms with Crippen molar-refractivity contribution in [2.45, 2.75) is 17.0 Å². The second-order valence-electron chi connectivity index (χ2n) is 3.72. The highest BCUT2D eigenvalue weighted by atomic mass is 79.9. The zero-order valence-corrected chi connectivity index (χ0v) is 10.8. The maximum Gasteiger partial charge on any atom is 0.262 e. The lowest BCUT2D eigenvalue weighted by molar-refractivity contribution is 0.632. The number of para-hydroxylation sites is 1. The van der Waals surface area contributed by atoms with Crippen LogP contribution in [0, 0.1) is 0 Å². The topological polar surface area (TPSA) is 34.9 Å². The number of fused-ring (bicyclic) bond motifs is 2. The van der Waals surface area contributed by atoms with Crippen LogP contribution in [-0.4, -0.2) is 20.1 Å². The molecule has 0 spiro atoms. The summed E-state index contributed by atoms with van der Waals surface area (Å²) in [5.74, 6) is 0. The summed E-state index contributed by atoms with van der Waals surface area (Å²) < 4.78 is 1.78. The molecule has 1 unspecified atom stereocenters. The Hall–Kier alpha value is -0.810. The van der Waals surface area contributed by atoms with Crippen LogP contribution in [-0.2, 0) is 6.54 Å². The highest BCUT2D eigenvalue weighted by molar-refractivity contribution is 9.09. The van der Waals surface area contributed by atoms with E-state index in [4.69, 9.17) is 0 Å². The van der Waals surface area contributed by atoms with E-state index in [1.54, 1.807) is 16.3 Å². The Balaban J connectivity index is 2.28. The number of nitrogens with zero attached hydrogens (tertiary/aromatic N) is 2. The average molecular weight is 297 g/mol. The molecule has 5 heteroatoms. The fourth-order valence-electron chi connectivity index (χ4n) is 1.87. The van der Waals surface area contributed by atoms with Crippen molar-refractivity contribution in [3.63, 3.8) is 0 Å². The second-order valence-corrected chi connectivity index (χ2v) is 5.64. The zero-order valence-electron chi connectivity index (χ0n) is 8.39. The van der Waals surface area contributed by atoms with Gasteiger partial charge in [0.2, 0.25) is 0 Å². The molecule has 0 fully saturated rings. The summed E-state index contributed by atoms with van der Waals surface area (Å²) in [7, 11) is 0. The van der Waals surface area contributed by atoms with E-state index in [1.165, 1.54) is 0 Å². The van der Waals surface area contributed by atoms with Gasteiger partial charge in [-0.3, -0.25) is 9.36 Å². The van der Waals surface area contributed by atoms with E-state index in [2.05, 4.69) is 20.9 Å². The van der Waals surface area contributed by atoms with Gasteiger partial charge in [0.15, 0.2) is 5.16 Å². The fourth-order valence-corrected chi connectivity index (χ4v) is 3.49. The minimum absolute atomic E-state index is 0.0801. The highest BCUT2D eigenvalue weighted by Crippen LogP contribution is 2.30. The Morgan fingerprint density at radius 3 is 3.12 bits per heavy atom. The predicted octanol–water partition coefficient (Wildman–Crippen LogP) is 2.27. The van der Waals surface area contributed by atoms with E-state index in [0.717, 1.165) is 22.5 Å². The molecule has 82 valence electrons. The first-order chi connectivity index (χ1) is 7.79. The van der Waals surface area contributed by atoms with E-state index in [1.807, 2.05) is 24.3 Å². The molecule has 2 aromatic rings. The van der Waals surface area contributed by atoms with Gasteiger partial charge in [0.25, 0.3) is 5.56 Å². The first-order valence-electron chi connectivity index (χ1n) is 5.02. The van der Waals surface area contributed by atoms with E-state index in [9.17, 15) is 4.79 Å². The van der Waals surface area contributed by atoms with Gasteiger partial charge in [-0.05, 0) is 12.1 Å². The number of hydrogen-bond donors (Lipinski definition) is 0. The smallest absolute Gasteiger partial charge is 0.262 e. The van der Waals surface area contributed by atoms with Gasteiger partial charge in [-0.1, -0.05) is 39.8 Å². The molecule has 3 rings (SSSR count). The fraction of sp³-hybridized carbons (Fsp3) is 0.273. The average Bonchev–Trinajstić information content (AvgIpc) is 2.73.